The molecule has 3 nitrogen and oxygen atoms in total. The SMILES string of the molecule is CCOc1cccc(NCC(C)Oc2ccc(Cl)cc2)c1. The summed E-state index contributed by atoms with van der Waals surface area (Å²) in [6, 6.07) is 15.3. The van der Waals surface area contributed by atoms with Crippen molar-refractivity contribution in [2.24, 2.45) is 0 Å². The predicted octanol–water partition coefficient (Wildman–Crippen LogP) is 4.62. The minimum absolute atomic E-state index is 0.0434. The first-order chi connectivity index (χ1) is 10.2. The molecule has 0 saturated carbocycles. The Morgan fingerprint density at radius 3 is 2.57 bits per heavy atom. The Bertz CT molecular complexity index is 557. The highest BCUT2D eigenvalue weighted by Gasteiger charge is 2.04. The molecule has 0 saturated heterocycles. The minimum atomic E-state index is 0.0434. The number of halogens is 1. The molecule has 1 N–H and O–H groups in total. The molecular formula is C17H20ClNO2. The van der Waals surface area contributed by atoms with E-state index in [1.54, 1.807) is 0 Å². The molecule has 1 unspecified atom stereocenters. The van der Waals surface area contributed by atoms with Crippen LogP contribution in [0.5, 0.6) is 11.5 Å². The summed E-state index contributed by atoms with van der Waals surface area (Å²) in [5, 5.41) is 4.05. The third kappa shape index (κ3) is 5.20. The van der Waals surface area contributed by atoms with Crippen LogP contribution in [-0.2, 0) is 0 Å². The molecule has 0 aliphatic rings. The van der Waals surface area contributed by atoms with E-state index in [4.69, 9.17) is 21.1 Å². The molecule has 1 atom stereocenters. The third-order valence-corrected chi connectivity index (χ3v) is 3.14. The fourth-order valence-corrected chi connectivity index (χ4v) is 2.04. The number of ether oxygens (including phenoxy) is 2. The Balaban J connectivity index is 1.84. The van der Waals surface area contributed by atoms with Gasteiger partial charge in [-0.15, -0.1) is 0 Å². The maximum absolute atomic E-state index is 5.85. The van der Waals surface area contributed by atoms with Gasteiger partial charge in [0, 0.05) is 16.8 Å². The molecule has 0 aliphatic heterocycles. The molecule has 2 aromatic rings. The number of benzene rings is 2. The lowest BCUT2D eigenvalue weighted by molar-refractivity contribution is 0.235. The highest BCUT2D eigenvalue weighted by Crippen LogP contribution is 2.19. The maximum Gasteiger partial charge on any atom is 0.121 e. The second-order valence-corrected chi connectivity index (χ2v) is 5.16. The number of rotatable bonds is 7. The smallest absolute Gasteiger partial charge is 0.121 e. The average molecular weight is 306 g/mol. The van der Waals surface area contributed by atoms with Crippen molar-refractivity contribution in [3.63, 3.8) is 0 Å². The maximum atomic E-state index is 5.85. The highest BCUT2D eigenvalue weighted by molar-refractivity contribution is 6.30. The van der Waals surface area contributed by atoms with Gasteiger partial charge in [-0.2, -0.15) is 0 Å². The topological polar surface area (TPSA) is 30.5 Å². The molecule has 4 heteroatoms. The van der Waals surface area contributed by atoms with E-state index in [0.717, 1.165) is 17.2 Å². The van der Waals surface area contributed by atoms with Crippen LogP contribution in [0.25, 0.3) is 0 Å². The van der Waals surface area contributed by atoms with Gasteiger partial charge in [-0.05, 0) is 50.2 Å². The second-order valence-electron chi connectivity index (χ2n) is 4.72. The number of anilines is 1. The fourth-order valence-electron chi connectivity index (χ4n) is 1.91. The first kappa shape index (κ1) is 15.5. The van der Waals surface area contributed by atoms with E-state index in [9.17, 15) is 0 Å². The molecule has 0 spiro atoms. The van der Waals surface area contributed by atoms with Crippen LogP contribution in [0.3, 0.4) is 0 Å². The lowest BCUT2D eigenvalue weighted by atomic mass is 10.3. The molecule has 2 rings (SSSR count). The van der Waals surface area contributed by atoms with Gasteiger partial charge in [0.2, 0.25) is 0 Å². The van der Waals surface area contributed by atoms with Crippen molar-refractivity contribution in [2.45, 2.75) is 20.0 Å². The van der Waals surface area contributed by atoms with Crippen molar-refractivity contribution >= 4 is 17.3 Å². The summed E-state index contributed by atoms with van der Waals surface area (Å²) in [7, 11) is 0. The summed E-state index contributed by atoms with van der Waals surface area (Å²) in [4.78, 5) is 0. The largest absolute Gasteiger partial charge is 0.494 e. The molecule has 0 heterocycles. The monoisotopic (exact) mass is 305 g/mol. The summed E-state index contributed by atoms with van der Waals surface area (Å²) in [6.45, 7) is 5.37. The zero-order valence-corrected chi connectivity index (χ0v) is 13.1. The standard InChI is InChI=1S/C17H20ClNO2/c1-3-20-17-6-4-5-15(11-17)19-12-13(2)21-16-9-7-14(18)8-10-16/h4-11,13,19H,3,12H2,1-2H3. The van der Waals surface area contributed by atoms with Gasteiger partial charge in [0.15, 0.2) is 0 Å². The Kier molecular flexibility index (Phi) is 5.76. The van der Waals surface area contributed by atoms with Crippen LogP contribution < -0.4 is 14.8 Å². The van der Waals surface area contributed by atoms with Crippen molar-refractivity contribution in [2.75, 3.05) is 18.5 Å². The van der Waals surface area contributed by atoms with E-state index in [0.29, 0.717) is 18.2 Å². The van der Waals surface area contributed by atoms with Crippen LogP contribution in [0.1, 0.15) is 13.8 Å². The highest BCUT2D eigenvalue weighted by atomic mass is 35.5. The molecule has 112 valence electrons. The van der Waals surface area contributed by atoms with Crippen LogP contribution in [0.4, 0.5) is 5.69 Å². The third-order valence-electron chi connectivity index (χ3n) is 2.89. The second kappa shape index (κ2) is 7.79. The molecule has 21 heavy (non-hydrogen) atoms. The molecular weight excluding hydrogens is 286 g/mol. The van der Waals surface area contributed by atoms with Crippen molar-refractivity contribution < 1.29 is 9.47 Å². The van der Waals surface area contributed by atoms with Gasteiger partial charge in [0.05, 0.1) is 13.2 Å². The molecule has 0 amide bonds. The molecule has 2 aromatic carbocycles. The first-order valence-corrected chi connectivity index (χ1v) is 7.44. The van der Waals surface area contributed by atoms with Gasteiger partial charge in [0.25, 0.3) is 0 Å². The fraction of sp³-hybridized carbons (Fsp3) is 0.294. The van der Waals surface area contributed by atoms with Crippen LogP contribution in [0.15, 0.2) is 48.5 Å². The van der Waals surface area contributed by atoms with E-state index >= 15 is 0 Å². The molecule has 0 radical (unpaired) electrons. The molecule has 0 aliphatic carbocycles. The number of hydrogen-bond acceptors (Lipinski definition) is 3. The summed E-state index contributed by atoms with van der Waals surface area (Å²) in [5.41, 5.74) is 1.02. The lowest BCUT2D eigenvalue weighted by Crippen LogP contribution is -2.22. The van der Waals surface area contributed by atoms with Gasteiger partial charge in [0.1, 0.15) is 17.6 Å². The van der Waals surface area contributed by atoms with E-state index in [2.05, 4.69) is 5.32 Å². The Morgan fingerprint density at radius 2 is 1.86 bits per heavy atom. The Morgan fingerprint density at radius 1 is 1.10 bits per heavy atom. The lowest BCUT2D eigenvalue weighted by Gasteiger charge is -2.16. The van der Waals surface area contributed by atoms with Gasteiger partial charge < -0.3 is 14.8 Å². The van der Waals surface area contributed by atoms with E-state index in [1.807, 2.05) is 62.4 Å². The quantitative estimate of drug-likeness (QED) is 0.809. The normalized spacial score (nSPS) is 11.8. The Labute approximate surface area is 130 Å². The van der Waals surface area contributed by atoms with Gasteiger partial charge in [-0.1, -0.05) is 17.7 Å². The summed E-state index contributed by atoms with van der Waals surface area (Å²) >= 11 is 5.85. The van der Waals surface area contributed by atoms with Gasteiger partial charge >= 0.3 is 0 Å². The van der Waals surface area contributed by atoms with Crippen LogP contribution >= 0.6 is 11.6 Å². The van der Waals surface area contributed by atoms with Crippen LogP contribution in [0.2, 0.25) is 5.02 Å². The van der Waals surface area contributed by atoms with Gasteiger partial charge in [-0.25, -0.2) is 0 Å². The summed E-state index contributed by atoms with van der Waals surface area (Å²) in [6.07, 6.45) is 0.0434. The zero-order chi connectivity index (χ0) is 15.1. The summed E-state index contributed by atoms with van der Waals surface area (Å²) in [5.74, 6) is 1.69. The van der Waals surface area contributed by atoms with Crippen molar-refractivity contribution in [1.29, 1.82) is 0 Å². The number of nitrogens with one attached hydrogen (secondary N) is 1. The van der Waals surface area contributed by atoms with Crippen LogP contribution in [-0.4, -0.2) is 19.3 Å². The van der Waals surface area contributed by atoms with E-state index in [-0.39, 0.29) is 6.10 Å². The zero-order valence-electron chi connectivity index (χ0n) is 12.3. The van der Waals surface area contributed by atoms with E-state index < -0.39 is 0 Å². The average Bonchev–Trinajstić information content (AvgIpc) is 2.48. The van der Waals surface area contributed by atoms with Crippen LogP contribution in [0, 0.1) is 0 Å². The summed E-state index contributed by atoms with van der Waals surface area (Å²) < 4.78 is 11.3. The number of hydrogen-bond donors (Lipinski definition) is 1. The first-order valence-electron chi connectivity index (χ1n) is 7.06. The molecule has 0 aromatic heterocycles. The van der Waals surface area contributed by atoms with Crippen molar-refractivity contribution in [3.05, 3.63) is 53.6 Å². The van der Waals surface area contributed by atoms with Crippen molar-refractivity contribution in [3.8, 4) is 11.5 Å². The van der Waals surface area contributed by atoms with E-state index in [1.165, 1.54) is 0 Å². The minimum Gasteiger partial charge on any atom is -0.494 e. The van der Waals surface area contributed by atoms with Crippen molar-refractivity contribution in [1.82, 2.24) is 0 Å². The van der Waals surface area contributed by atoms with Gasteiger partial charge in [-0.3, -0.25) is 0 Å². The molecule has 0 fully saturated rings. The molecule has 0 bridgehead atoms. The Hall–Kier alpha value is -1.87. The predicted molar refractivity (Wildman–Crippen MR) is 87.6 cm³/mol.